The van der Waals surface area contributed by atoms with Crippen molar-refractivity contribution in [2.24, 2.45) is 5.84 Å². The van der Waals surface area contributed by atoms with Crippen molar-refractivity contribution in [2.75, 3.05) is 0 Å². The Morgan fingerprint density at radius 1 is 1.26 bits per heavy atom. The van der Waals surface area contributed by atoms with Gasteiger partial charge >= 0.3 is 0 Å². The Morgan fingerprint density at radius 3 is 2.53 bits per heavy atom. The van der Waals surface area contributed by atoms with Crippen molar-refractivity contribution in [3.8, 4) is 0 Å². The van der Waals surface area contributed by atoms with Crippen molar-refractivity contribution in [3.05, 3.63) is 52.3 Å². The third-order valence-electron chi connectivity index (χ3n) is 3.10. The number of hydrogen-bond acceptors (Lipinski definition) is 3. The molecular weight excluding hydrogens is 304 g/mol. The zero-order chi connectivity index (χ0) is 13.8. The molecule has 1 unspecified atom stereocenters. The van der Waals surface area contributed by atoms with Gasteiger partial charge in [0.1, 0.15) is 0 Å². The first-order chi connectivity index (χ1) is 9.11. The van der Waals surface area contributed by atoms with E-state index in [1.165, 1.54) is 5.56 Å². The Hall–Kier alpha value is -1.17. The number of nitrogens with one attached hydrogen (secondary N) is 1. The minimum Gasteiger partial charge on any atom is -0.271 e. The van der Waals surface area contributed by atoms with Gasteiger partial charge in [-0.15, -0.1) is 0 Å². The van der Waals surface area contributed by atoms with Crippen LogP contribution >= 0.6 is 15.9 Å². The smallest absolute Gasteiger partial charge is 0.0669 e. The summed E-state index contributed by atoms with van der Waals surface area (Å²) in [5, 5.41) is 4.35. The first-order valence-corrected chi connectivity index (χ1v) is 7.15. The summed E-state index contributed by atoms with van der Waals surface area (Å²) in [7, 11) is 0. The van der Waals surface area contributed by atoms with Crippen molar-refractivity contribution < 1.29 is 0 Å². The molecule has 0 radical (unpaired) electrons. The van der Waals surface area contributed by atoms with Crippen molar-refractivity contribution >= 4 is 15.9 Å². The lowest BCUT2D eigenvalue weighted by atomic mass is 10.0. The van der Waals surface area contributed by atoms with Gasteiger partial charge in [0.25, 0.3) is 0 Å². The Labute approximate surface area is 122 Å². The predicted octanol–water partition coefficient (Wildman–Crippen LogP) is 2.97. The van der Waals surface area contributed by atoms with E-state index in [1.54, 1.807) is 0 Å². The van der Waals surface area contributed by atoms with Crippen LogP contribution in [0.3, 0.4) is 0 Å². The highest BCUT2D eigenvalue weighted by atomic mass is 79.9. The molecule has 0 amide bonds. The van der Waals surface area contributed by atoms with Crippen molar-refractivity contribution in [3.63, 3.8) is 0 Å². The van der Waals surface area contributed by atoms with E-state index in [1.807, 2.05) is 29.1 Å². The molecule has 5 heteroatoms. The van der Waals surface area contributed by atoms with Crippen LogP contribution in [-0.2, 0) is 6.42 Å². The van der Waals surface area contributed by atoms with Crippen LogP contribution in [0.25, 0.3) is 0 Å². The van der Waals surface area contributed by atoms with E-state index in [4.69, 9.17) is 5.84 Å². The number of rotatable bonds is 5. The number of nitrogens with zero attached hydrogens (tertiary/aromatic N) is 2. The highest BCUT2D eigenvalue weighted by Gasteiger charge is 2.16. The monoisotopic (exact) mass is 322 g/mol. The van der Waals surface area contributed by atoms with Gasteiger partial charge in [0.15, 0.2) is 0 Å². The SMILES string of the molecule is CC(C)n1nccc1C(Cc1ccc(Br)cc1)NN. The molecule has 1 heterocycles. The second-order valence-corrected chi connectivity index (χ2v) is 5.76. The molecule has 0 fully saturated rings. The number of nitrogens with two attached hydrogens (primary N) is 1. The maximum atomic E-state index is 5.71. The quantitative estimate of drug-likeness (QED) is 0.657. The standard InChI is InChI=1S/C14H19BrN4/c1-10(2)19-14(7-8-17-19)13(18-16)9-11-3-5-12(15)6-4-11/h3-8,10,13,18H,9,16H2,1-2H3. The maximum absolute atomic E-state index is 5.71. The summed E-state index contributed by atoms with van der Waals surface area (Å²) >= 11 is 3.44. The van der Waals surface area contributed by atoms with E-state index in [0.29, 0.717) is 6.04 Å². The van der Waals surface area contributed by atoms with Gasteiger partial charge in [0.05, 0.1) is 11.7 Å². The fourth-order valence-electron chi connectivity index (χ4n) is 2.14. The molecule has 0 aliphatic heterocycles. The van der Waals surface area contributed by atoms with Crippen LogP contribution in [0.4, 0.5) is 0 Å². The van der Waals surface area contributed by atoms with E-state index >= 15 is 0 Å². The largest absolute Gasteiger partial charge is 0.271 e. The summed E-state index contributed by atoms with van der Waals surface area (Å²) in [6.45, 7) is 4.23. The summed E-state index contributed by atoms with van der Waals surface area (Å²) in [5.74, 6) is 5.71. The molecule has 0 spiro atoms. The van der Waals surface area contributed by atoms with Crippen LogP contribution in [-0.4, -0.2) is 9.78 Å². The lowest BCUT2D eigenvalue weighted by molar-refractivity contribution is 0.448. The van der Waals surface area contributed by atoms with Gasteiger partial charge in [0.2, 0.25) is 0 Å². The van der Waals surface area contributed by atoms with Crippen LogP contribution < -0.4 is 11.3 Å². The van der Waals surface area contributed by atoms with Crippen LogP contribution in [0.5, 0.6) is 0 Å². The van der Waals surface area contributed by atoms with Crippen LogP contribution in [0.1, 0.15) is 37.2 Å². The number of benzene rings is 1. The predicted molar refractivity (Wildman–Crippen MR) is 80.5 cm³/mol. The lowest BCUT2D eigenvalue weighted by Gasteiger charge is -2.19. The van der Waals surface area contributed by atoms with Gasteiger partial charge in [0, 0.05) is 16.7 Å². The van der Waals surface area contributed by atoms with E-state index in [0.717, 1.165) is 16.6 Å². The number of aromatic nitrogens is 2. The zero-order valence-corrected chi connectivity index (χ0v) is 12.8. The molecule has 4 nitrogen and oxygen atoms in total. The lowest BCUT2D eigenvalue weighted by Crippen LogP contribution is -2.31. The fourth-order valence-corrected chi connectivity index (χ4v) is 2.40. The molecule has 2 aromatic rings. The van der Waals surface area contributed by atoms with Crippen molar-refractivity contribution in [2.45, 2.75) is 32.4 Å². The minimum atomic E-state index is 0.0612. The minimum absolute atomic E-state index is 0.0612. The Balaban J connectivity index is 2.20. The Morgan fingerprint density at radius 2 is 1.95 bits per heavy atom. The summed E-state index contributed by atoms with van der Waals surface area (Å²) in [4.78, 5) is 0. The fraction of sp³-hybridized carbons (Fsp3) is 0.357. The highest BCUT2D eigenvalue weighted by molar-refractivity contribution is 9.10. The van der Waals surface area contributed by atoms with Gasteiger partial charge in [-0.2, -0.15) is 5.10 Å². The molecule has 102 valence electrons. The normalized spacial score (nSPS) is 12.9. The molecule has 3 N–H and O–H groups in total. The topological polar surface area (TPSA) is 55.9 Å². The second kappa shape index (κ2) is 6.32. The van der Waals surface area contributed by atoms with E-state index < -0.39 is 0 Å². The summed E-state index contributed by atoms with van der Waals surface area (Å²) in [6.07, 6.45) is 2.66. The van der Waals surface area contributed by atoms with Crippen LogP contribution in [0.2, 0.25) is 0 Å². The third-order valence-corrected chi connectivity index (χ3v) is 3.63. The summed E-state index contributed by atoms with van der Waals surface area (Å²) in [5.41, 5.74) is 5.24. The average Bonchev–Trinajstić information content (AvgIpc) is 2.87. The van der Waals surface area contributed by atoms with Crippen LogP contribution in [0.15, 0.2) is 41.0 Å². The Kier molecular flexibility index (Phi) is 4.74. The highest BCUT2D eigenvalue weighted by Crippen LogP contribution is 2.21. The Bertz CT molecular complexity index is 518. The van der Waals surface area contributed by atoms with Gasteiger partial charge in [-0.05, 0) is 44.0 Å². The maximum Gasteiger partial charge on any atom is 0.0669 e. The van der Waals surface area contributed by atoms with E-state index in [2.05, 4.69) is 52.4 Å². The molecule has 2 rings (SSSR count). The molecule has 1 aromatic heterocycles. The van der Waals surface area contributed by atoms with Gasteiger partial charge in [-0.1, -0.05) is 28.1 Å². The van der Waals surface area contributed by atoms with Crippen molar-refractivity contribution in [1.82, 2.24) is 15.2 Å². The molecular formula is C14H19BrN4. The summed E-state index contributed by atoms with van der Waals surface area (Å²) in [6, 6.07) is 10.7. The summed E-state index contributed by atoms with van der Waals surface area (Å²) < 4.78 is 3.09. The molecule has 0 saturated carbocycles. The second-order valence-electron chi connectivity index (χ2n) is 4.84. The third kappa shape index (κ3) is 3.43. The van der Waals surface area contributed by atoms with Gasteiger partial charge in [-0.3, -0.25) is 16.0 Å². The first-order valence-electron chi connectivity index (χ1n) is 6.35. The van der Waals surface area contributed by atoms with Crippen molar-refractivity contribution in [1.29, 1.82) is 0 Å². The van der Waals surface area contributed by atoms with Gasteiger partial charge in [-0.25, -0.2) is 0 Å². The molecule has 0 aliphatic rings. The molecule has 1 atom stereocenters. The van der Waals surface area contributed by atoms with Gasteiger partial charge < -0.3 is 0 Å². The molecule has 1 aromatic carbocycles. The number of halogens is 1. The molecule has 0 saturated heterocycles. The van der Waals surface area contributed by atoms with E-state index in [-0.39, 0.29) is 6.04 Å². The zero-order valence-electron chi connectivity index (χ0n) is 11.2. The number of hydrazine groups is 1. The van der Waals surface area contributed by atoms with Crippen LogP contribution in [0, 0.1) is 0 Å². The molecule has 0 aliphatic carbocycles. The molecule has 19 heavy (non-hydrogen) atoms. The van der Waals surface area contributed by atoms with E-state index in [9.17, 15) is 0 Å². The first kappa shape index (κ1) is 14.2. The average molecular weight is 323 g/mol. The molecule has 0 bridgehead atoms. The number of hydrogen-bond donors (Lipinski definition) is 2.